The van der Waals surface area contributed by atoms with E-state index >= 15 is 0 Å². The molecule has 24 heteroatoms. The Morgan fingerprint density at radius 2 is 0.859 bits per heavy atom. The van der Waals surface area contributed by atoms with Crippen molar-refractivity contribution in [1.29, 1.82) is 0 Å². The van der Waals surface area contributed by atoms with Gasteiger partial charge in [-0.05, 0) is 121 Å². The van der Waals surface area contributed by atoms with Gasteiger partial charge in [-0.25, -0.2) is 28.8 Å². The lowest BCUT2D eigenvalue weighted by Gasteiger charge is -2.33. The van der Waals surface area contributed by atoms with Gasteiger partial charge < -0.3 is 66.9 Å². The summed E-state index contributed by atoms with van der Waals surface area (Å²) in [6.45, 7) is 24.0. The van der Waals surface area contributed by atoms with E-state index in [1.165, 1.54) is 0 Å². The molecule has 4 aliphatic heterocycles. The second-order valence-electron chi connectivity index (χ2n) is 23.2. The summed E-state index contributed by atoms with van der Waals surface area (Å²) in [5.74, 6) is 0.150. The fourth-order valence-electron chi connectivity index (χ4n) is 10.5. The number of aromatic nitrogens is 4. The molecular weight excluding hydrogens is 1020 g/mol. The van der Waals surface area contributed by atoms with Gasteiger partial charge in [0.15, 0.2) is 17.1 Å². The highest BCUT2D eigenvalue weighted by Gasteiger charge is 2.57. The summed E-state index contributed by atoms with van der Waals surface area (Å²) in [5, 5.41) is 22.5. The number of amides is 2. The molecule has 0 saturated heterocycles. The predicted molar refractivity (Wildman–Crippen MR) is 270 cm³/mol. The maximum Gasteiger partial charge on any atom is 0.410 e. The lowest BCUT2D eigenvalue weighted by atomic mass is 9.92. The second kappa shape index (κ2) is 21.4. The van der Waals surface area contributed by atoms with Crippen LogP contribution in [0.5, 0.6) is 0 Å². The summed E-state index contributed by atoms with van der Waals surface area (Å²) in [6.07, 6.45) is 7.39. The molecule has 24 nitrogen and oxygen atoms in total. The normalized spacial score (nSPS) is 19.4. The van der Waals surface area contributed by atoms with Crippen LogP contribution < -0.4 is 10.6 Å². The number of nitrogens with one attached hydrogen (secondary N) is 2. The van der Waals surface area contributed by atoms with Crippen LogP contribution in [-0.4, -0.2) is 130 Å². The Hall–Kier alpha value is -6.82. The van der Waals surface area contributed by atoms with E-state index < -0.39 is 29.1 Å². The molecule has 4 fully saturated rings. The maximum absolute atomic E-state index is 12.4. The highest BCUT2D eigenvalue weighted by Crippen LogP contribution is 2.55. The Bertz CT molecular complexity index is 2720. The first-order chi connectivity index (χ1) is 37.0. The summed E-state index contributed by atoms with van der Waals surface area (Å²) < 4.78 is 52.0. The fraction of sp³-hybridized carbons (Fsp3) is 0.667. The minimum absolute atomic E-state index is 0.0985. The Labute approximate surface area is 451 Å². The zero-order valence-corrected chi connectivity index (χ0v) is 46.4. The number of nitrogens with zero attached hydrogens (tertiary/aromatic N) is 6. The molecular formula is C54H72N8O16. The van der Waals surface area contributed by atoms with Crippen LogP contribution >= 0.6 is 0 Å². The molecule has 78 heavy (non-hydrogen) atoms. The molecule has 0 unspecified atom stereocenters. The van der Waals surface area contributed by atoms with Gasteiger partial charge in [-0.3, -0.25) is 0 Å². The third kappa shape index (κ3) is 11.5. The number of hydrogen-bond donors (Lipinski definition) is 2. The molecule has 2 amide bonds. The summed E-state index contributed by atoms with van der Waals surface area (Å²) in [4.78, 5) is 75.4. The van der Waals surface area contributed by atoms with Crippen molar-refractivity contribution in [3.8, 4) is 0 Å². The zero-order chi connectivity index (χ0) is 56.0. The van der Waals surface area contributed by atoms with Crippen molar-refractivity contribution < 1.29 is 75.3 Å². The van der Waals surface area contributed by atoms with Crippen molar-refractivity contribution in [1.82, 2.24) is 41.1 Å². The first-order valence-corrected chi connectivity index (χ1v) is 27.1. The highest BCUT2D eigenvalue weighted by molar-refractivity contribution is 5.91. The first kappa shape index (κ1) is 55.9. The predicted octanol–water partition coefficient (Wildman–Crippen LogP) is 7.24. The minimum atomic E-state index is -0.563. The number of rotatable bonds is 8. The molecule has 424 valence electrons. The Morgan fingerprint density at radius 1 is 0.474 bits per heavy atom. The zero-order valence-electron chi connectivity index (χ0n) is 46.4. The number of ether oxygens (including phenoxy) is 6. The number of carbonyl (C=O) groups is 6. The largest absolute Gasteiger partial charge is 0.461 e. The van der Waals surface area contributed by atoms with Gasteiger partial charge in [0.2, 0.25) is 11.5 Å². The molecule has 8 aliphatic rings. The van der Waals surface area contributed by atoms with Gasteiger partial charge in [0, 0.05) is 72.1 Å². The second-order valence-corrected chi connectivity index (χ2v) is 23.2. The van der Waals surface area contributed by atoms with E-state index in [1.807, 2.05) is 41.5 Å². The minimum Gasteiger partial charge on any atom is -0.461 e. The average Bonchev–Trinajstić information content (AvgIpc) is 4.56. The van der Waals surface area contributed by atoms with Crippen LogP contribution in [0.1, 0.15) is 208 Å². The third-order valence-corrected chi connectivity index (χ3v) is 14.9. The molecule has 2 N–H and O–H groups in total. The number of hydrogen-bond acceptors (Lipinski definition) is 22. The van der Waals surface area contributed by atoms with Gasteiger partial charge in [0.25, 0.3) is 0 Å². The SMILES string of the molecule is CCOC(=O)c1noc2c1CN(C(=O)OC(C)(C)C)CC21CC1.CCOC(=O)c1noc2c1CNCC21CC1.CCOC(=O)c1onc2c1CN(C(=O)OC(C)(C)C)CC21CC1.CCOC(=O)c1onc2c1CNCC21CC1. The van der Waals surface area contributed by atoms with E-state index in [1.54, 1.807) is 37.5 Å². The van der Waals surface area contributed by atoms with E-state index in [0.29, 0.717) is 56.2 Å². The van der Waals surface area contributed by atoms with Crippen LogP contribution in [0, 0.1) is 0 Å². The van der Waals surface area contributed by atoms with Gasteiger partial charge in [-0.1, -0.05) is 20.6 Å². The van der Waals surface area contributed by atoms with E-state index in [0.717, 1.165) is 98.5 Å². The lowest BCUT2D eigenvalue weighted by Crippen LogP contribution is -2.44. The van der Waals surface area contributed by atoms with E-state index in [9.17, 15) is 28.8 Å². The van der Waals surface area contributed by atoms with Gasteiger partial charge >= 0.3 is 36.1 Å². The fourth-order valence-corrected chi connectivity index (χ4v) is 10.5. The van der Waals surface area contributed by atoms with Gasteiger partial charge in [0.05, 0.1) is 62.0 Å². The molecule has 4 saturated carbocycles. The molecule has 0 radical (unpaired) electrons. The maximum atomic E-state index is 12.4. The van der Waals surface area contributed by atoms with Gasteiger partial charge in [0.1, 0.15) is 17.0 Å². The third-order valence-electron chi connectivity index (χ3n) is 14.9. The summed E-state index contributed by atoms with van der Waals surface area (Å²) in [5.41, 5.74) is 4.07. The van der Waals surface area contributed by atoms with E-state index in [-0.39, 0.29) is 83.3 Å². The lowest BCUT2D eigenvalue weighted by molar-refractivity contribution is 0.0179. The van der Waals surface area contributed by atoms with Crippen molar-refractivity contribution in [3.05, 3.63) is 68.1 Å². The van der Waals surface area contributed by atoms with Crippen molar-refractivity contribution in [2.45, 2.75) is 180 Å². The molecule has 4 aromatic rings. The molecule has 4 aromatic heterocycles. The van der Waals surface area contributed by atoms with Crippen LogP contribution in [0.4, 0.5) is 9.59 Å². The first-order valence-electron chi connectivity index (χ1n) is 27.1. The Kier molecular flexibility index (Phi) is 15.4. The Morgan fingerprint density at radius 3 is 1.32 bits per heavy atom. The summed E-state index contributed by atoms with van der Waals surface area (Å²) in [7, 11) is 0. The summed E-state index contributed by atoms with van der Waals surface area (Å²) in [6, 6.07) is 0. The number of fused-ring (bicyclic) bond motifs is 8. The van der Waals surface area contributed by atoms with Crippen molar-refractivity contribution in [2.75, 3.05) is 52.6 Å². The smallest absolute Gasteiger partial charge is 0.410 e. The van der Waals surface area contributed by atoms with E-state index in [4.69, 9.17) is 46.5 Å². The topological polar surface area (TPSA) is 292 Å². The number of carbonyl (C=O) groups excluding carboxylic acids is 6. The molecule has 12 rings (SSSR count). The average molecular weight is 1090 g/mol. The molecule has 4 spiro atoms. The van der Waals surface area contributed by atoms with Crippen LogP contribution in [0.15, 0.2) is 18.1 Å². The standard InChI is InChI=1S/2C16H22N2O5.2C11H14N2O3/c1-5-21-13(19)11-10-8-18(14(20)22-15(2,3)4)9-16(6-7-16)12(10)17-23-11;1-5-21-13(19)11-10-8-18(14(20)22-15(2,3)4)9-16(6-7-16)12(10)23-17-11;1-2-15-10(14)8-7-5-12-6-11(3-4-11)9(7)13-16-8;1-2-15-10(14)8-7-5-12-6-11(3-4-11)9(7)16-13-8/h2*5-9H2,1-4H3;2*12H,2-6H2,1H3. The van der Waals surface area contributed by atoms with Crippen LogP contribution in [0.2, 0.25) is 0 Å². The van der Waals surface area contributed by atoms with Crippen molar-refractivity contribution in [2.24, 2.45) is 0 Å². The van der Waals surface area contributed by atoms with Crippen LogP contribution in [0.25, 0.3) is 0 Å². The van der Waals surface area contributed by atoms with Crippen LogP contribution in [-0.2, 0) is 76.3 Å². The Balaban J connectivity index is 0.000000128. The van der Waals surface area contributed by atoms with Crippen LogP contribution in [0.3, 0.4) is 0 Å². The summed E-state index contributed by atoms with van der Waals surface area (Å²) >= 11 is 0. The monoisotopic (exact) mass is 1090 g/mol. The molecule has 0 bridgehead atoms. The van der Waals surface area contributed by atoms with Crippen molar-refractivity contribution in [3.63, 3.8) is 0 Å². The molecule has 4 aliphatic carbocycles. The van der Waals surface area contributed by atoms with Crippen molar-refractivity contribution >= 4 is 36.1 Å². The molecule has 0 aromatic carbocycles. The van der Waals surface area contributed by atoms with Gasteiger partial charge in [-0.2, -0.15) is 0 Å². The highest BCUT2D eigenvalue weighted by atomic mass is 16.6. The molecule has 0 atom stereocenters. The van der Waals surface area contributed by atoms with Gasteiger partial charge in [-0.15, -0.1) is 0 Å². The quantitative estimate of drug-likeness (QED) is 0.130. The van der Waals surface area contributed by atoms with E-state index in [2.05, 4.69) is 31.3 Å². The number of esters is 4. The molecule has 8 heterocycles.